The lowest BCUT2D eigenvalue weighted by Crippen LogP contribution is -1.72. The number of hydrogen-bond acceptors (Lipinski definition) is 2. The predicted molar refractivity (Wildman–Crippen MR) is 36.7 cm³/mol. The molecule has 0 aliphatic rings. The smallest absolute Gasteiger partial charge is 0.0408 e. The molecule has 0 aromatic rings. The topological polar surface area (TPSA) is 36.2 Å². The summed E-state index contributed by atoms with van der Waals surface area (Å²) in [5, 5.41) is 6.65. The molecule has 0 rings (SSSR count). The van der Waals surface area contributed by atoms with Crippen molar-refractivity contribution >= 4 is 12.9 Å². The summed E-state index contributed by atoms with van der Waals surface area (Å²) < 4.78 is 0. The maximum Gasteiger partial charge on any atom is 0.0408 e. The number of nitrogens with zero attached hydrogens (tertiary/aromatic N) is 1. The first kappa shape index (κ1) is 7.08. The normalized spacial score (nSPS) is 10.9. The van der Waals surface area contributed by atoms with Gasteiger partial charge in [0.1, 0.15) is 0 Å². The predicted octanol–water partition coefficient (Wildman–Crippen LogP) is 1.63. The molecule has 0 saturated carbocycles. The maximum absolute atomic E-state index is 6.65. The molecule has 8 heavy (non-hydrogen) atoms. The van der Waals surface area contributed by atoms with Gasteiger partial charge in [0.15, 0.2) is 0 Å². The minimum absolute atomic E-state index is 0.846. The van der Waals surface area contributed by atoms with Crippen LogP contribution in [0, 0.1) is 5.41 Å². The van der Waals surface area contributed by atoms with Crippen molar-refractivity contribution in [3.8, 4) is 0 Å². The van der Waals surface area contributed by atoms with Crippen LogP contribution in [0.25, 0.3) is 0 Å². The van der Waals surface area contributed by atoms with E-state index < -0.39 is 0 Å². The molecule has 0 amide bonds. The third kappa shape index (κ3) is 2.29. The molecular formula is C6H10N2. The molecule has 2 nitrogen and oxygen atoms in total. The van der Waals surface area contributed by atoms with E-state index in [-0.39, 0.29) is 0 Å². The van der Waals surface area contributed by atoms with Crippen LogP contribution in [0.3, 0.4) is 0 Å². The van der Waals surface area contributed by atoms with Crippen molar-refractivity contribution in [3.63, 3.8) is 0 Å². The number of nitrogens with one attached hydrogen (secondary N) is 1. The Labute approximate surface area is 49.5 Å². The Morgan fingerprint density at radius 1 is 1.88 bits per heavy atom. The average Bonchev–Trinajstić information content (AvgIpc) is 1.83. The van der Waals surface area contributed by atoms with E-state index in [4.69, 9.17) is 5.41 Å². The zero-order chi connectivity index (χ0) is 6.41. The monoisotopic (exact) mass is 110 g/mol. The highest BCUT2D eigenvalue weighted by Crippen LogP contribution is 1.97. The van der Waals surface area contributed by atoms with Crippen LogP contribution in [0.2, 0.25) is 0 Å². The number of hydrogen-bond donors (Lipinski definition) is 1. The van der Waals surface area contributed by atoms with Gasteiger partial charge in [-0.2, -0.15) is 0 Å². The Morgan fingerprint density at radius 2 is 2.50 bits per heavy atom. The second-order valence-corrected chi connectivity index (χ2v) is 1.34. The SMILES string of the molecule is C=N/C(=C/C=N)CC. The molecule has 0 aromatic heterocycles. The van der Waals surface area contributed by atoms with Gasteiger partial charge in [0.2, 0.25) is 0 Å². The van der Waals surface area contributed by atoms with Crippen molar-refractivity contribution in [1.82, 2.24) is 0 Å². The van der Waals surface area contributed by atoms with Gasteiger partial charge in [-0.1, -0.05) is 6.92 Å². The van der Waals surface area contributed by atoms with Crippen molar-refractivity contribution in [1.29, 1.82) is 5.41 Å². The maximum atomic E-state index is 6.65. The quantitative estimate of drug-likeness (QED) is 0.536. The summed E-state index contributed by atoms with van der Waals surface area (Å²) in [6.45, 7) is 5.31. The van der Waals surface area contributed by atoms with E-state index in [1.165, 1.54) is 6.21 Å². The van der Waals surface area contributed by atoms with Gasteiger partial charge in [-0.3, -0.25) is 4.99 Å². The Kier molecular flexibility index (Phi) is 3.76. The van der Waals surface area contributed by atoms with Crippen LogP contribution in [0.1, 0.15) is 13.3 Å². The van der Waals surface area contributed by atoms with Gasteiger partial charge in [0.05, 0.1) is 0 Å². The van der Waals surface area contributed by atoms with E-state index in [9.17, 15) is 0 Å². The first-order valence-corrected chi connectivity index (χ1v) is 2.51. The second-order valence-electron chi connectivity index (χ2n) is 1.34. The first-order chi connectivity index (χ1) is 3.85. The second kappa shape index (κ2) is 4.24. The average molecular weight is 110 g/mol. The highest BCUT2D eigenvalue weighted by Gasteiger charge is 1.81. The van der Waals surface area contributed by atoms with Gasteiger partial charge >= 0.3 is 0 Å². The number of rotatable bonds is 3. The van der Waals surface area contributed by atoms with E-state index >= 15 is 0 Å². The number of aliphatic imine (C=N–C) groups is 1. The highest BCUT2D eigenvalue weighted by atomic mass is 14.7. The van der Waals surface area contributed by atoms with E-state index in [1.54, 1.807) is 6.08 Å². The molecule has 0 bridgehead atoms. The lowest BCUT2D eigenvalue weighted by Gasteiger charge is -1.88. The van der Waals surface area contributed by atoms with Gasteiger partial charge in [0, 0.05) is 11.9 Å². The fourth-order valence-electron chi connectivity index (χ4n) is 0.379. The molecule has 0 saturated heterocycles. The Morgan fingerprint density at radius 3 is 2.62 bits per heavy atom. The van der Waals surface area contributed by atoms with Gasteiger partial charge < -0.3 is 5.41 Å². The van der Waals surface area contributed by atoms with E-state index in [0.29, 0.717) is 0 Å². The molecule has 1 N–H and O–H groups in total. The number of allylic oxidation sites excluding steroid dienone is 2. The van der Waals surface area contributed by atoms with Crippen LogP contribution in [-0.2, 0) is 0 Å². The molecule has 0 radical (unpaired) electrons. The molecule has 44 valence electrons. The molecule has 0 spiro atoms. The molecular weight excluding hydrogens is 100 g/mol. The van der Waals surface area contributed by atoms with Gasteiger partial charge in [0.25, 0.3) is 0 Å². The van der Waals surface area contributed by atoms with Crippen LogP contribution in [-0.4, -0.2) is 12.9 Å². The van der Waals surface area contributed by atoms with Gasteiger partial charge in [-0.25, -0.2) is 0 Å². The molecule has 0 aliphatic heterocycles. The first-order valence-electron chi connectivity index (χ1n) is 2.51. The summed E-state index contributed by atoms with van der Waals surface area (Å²) in [6, 6.07) is 0. The van der Waals surface area contributed by atoms with Crippen LogP contribution in [0.5, 0.6) is 0 Å². The third-order valence-corrected chi connectivity index (χ3v) is 0.841. The van der Waals surface area contributed by atoms with E-state index in [1.807, 2.05) is 6.92 Å². The Bertz CT molecular complexity index is 114. The van der Waals surface area contributed by atoms with E-state index in [0.717, 1.165) is 12.1 Å². The molecule has 0 fully saturated rings. The molecule has 0 atom stereocenters. The largest absolute Gasteiger partial charge is 0.309 e. The summed E-state index contributed by atoms with van der Waals surface area (Å²) in [6.07, 6.45) is 3.69. The van der Waals surface area contributed by atoms with Crippen molar-refractivity contribution in [2.75, 3.05) is 0 Å². The Balaban J connectivity index is 3.84. The summed E-state index contributed by atoms with van der Waals surface area (Å²) in [7, 11) is 0. The standard InChI is InChI=1S/C6H10N2/c1-3-6(8-2)4-5-7/h4-5,7H,2-3H2,1H3/b6-4+,7-5?. The fraction of sp³-hybridized carbons (Fsp3) is 0.333. The van der Waals surface area contributed by atoms with Crippen molar-refractivity contribution in [2.24, 2.45) is 4.99 Å². The van der Waals surface area contributed by atoms with E-state index in [2.05, 4.69) is 11.7 Å². The molecule has 0 unspecified atom stereocenters. The molecule has 0 aromatic carbocycles. The highest BCUT2D eigenvalue weighted by molar-refractivity contribution is 5.69. The summed E-state index contributed by atoms with van der Waals surface area (Å²) in [4.78, 5) is 3.66. The minimum Gasteiger partial charge on any atom is -0.309 e. The lowest BCUT2D eigenvalue weighted by atomic mass is 10.3. The fourth-order valence-corrected chi connectivity index (χ4v) is 0.379. The molecule has 0 heterocycles. The molecule has 2 heteroatoms. The molecule has 0 aliphatic carbocycles. The minimum atomic E-state index is 0.846. The van der Waals surface area contributed by atoms with Crippen LogP contribution >= 0.6 is 0 Å². The van der Waals surface area contributed by atoms with Crippen LogP contribution < -0.4 is 0 Å². The van der Waals surface area contributed by atoms with Gasteiger partial charge in [-0.05, 0) is 19.2 Å². The third-order valence-electron chi connectivity index (χ3n) is 0.841. The zero-order valence-corrected chi connectivity index (χ0v) is 5.02. The van der Waals surface area contributed by atoms with Gasteiger partial charge in [-0.15, -0.1) is 0 Å². The summed E-state index contributed by atoms with van der Waals surface area (Å²) >= 11 is 0. The summed E-state index contributed by atoms with van der Waals surface area (Å²) in [5.74, 6) is 0. The van der Waals surface area contributed by atoms with Crippen molar-refractivity contribution < 1.29 is 0 Å². The Hall–Kier alpha value is -0.920. The van der Waals surface area contributed by atoms with Crippen molar-refractivity contribution in [3.05, 3.63) is 11.8 Å². The van der Waals surface area contributed by atoms with Crippen LogP contribution in [0.4, 0.5) is 0 Å². The lowest BCUT2D eigenvalue weighted by molar-refractivity contribution is 1.08. The van der Waals surface area contributed by atoms with Crippen LogP contribution in [0.15, 0.2) is 16.8 Å². The zero-order valence-electron chi connectivity index (χ0n) is 5.02. The van der Waals surface area contributed by atoms with Crippen molar-refractivity contribution in [2.45, 2.75) is 13.3 Å². The summed E-state index contributed by atoms with van der Waals surface area (Å²) in [5.41, 5.74) is 0.861.